The van der Waals surface area contributed by atoms with E-state index in [1.165, 1.54) is 12.1 Å². The van der Waals surface area contributed by atoms with Crippen LogP contribution in [0, 0.1) is 0 Å². The zero-order valence-electron chi connectivity index (χ0n) is 10.7. The fraction of sp³-hybridized carbons (Fsp3) is 0.308. The van der Waals surface area contributed by atoms with Crippen LogP contribution >= 0.6 is 0 Å². The van der Waals surface area contributed by atoms with Crippen LogP contribution in [0.4, 0.5) is 5.95 Å². The minimum absolute atomic E-state index is 0.224. The Morgan fingerprint density at radius 1 is 1.20 bits per heavy atom. The van der Waals surface area contributed by atoms with Gasteiger partial charge in [0.2, 0.25) is 0 Å². The van der Waals surface area contributed by atoms with Gasteiger partial charge in [-0.25, -0.2) is 4.79 Å². The lowest BCUT2D eigenvalue weighted by atomic mass is 10.1. The summed E-state index contributed by atoms with van der Waals surface area (Å²) in [6.45, 7) is 2.77. The number of benzene rings is 1. The first-order valence-corrected chi connectivity index (χ1v) is 6.24. The molecule has 0 amide bonds. The van der Waals surface area contributed by atoms with Gasteiger partial charge in [-0.1, -0.05) is 0 Å². The summed E-state index contributed by atoms with van der Waals surface area (Å²) in [6.07, 6.45) is 0. The molecular weight excluding hydrogens is 262 g/mol. The summed E-state index contributed by atoms with van der Waals surface area (Å²) in [6, 6.07) is 6.33. The molecule has 1 aromatic carbocycles. The lowest BCUT2D eigenvalue weighted by Gasteiger charge is -2.24. The number of nitrogens with zero attached hydrogens (tertiary/aromatic N) is 3. The second-order valence-electron chi connectivity index (χ2n) is 4.38. The van der Waals surface area contributed by atoms with Gasteiger partial charge in [0.25, 0.3) is 11.8 Å². The zero-order valence-corrected chi connectivity index (χ0v) is 10.7. The van der Waals surface area contributed by atoms with Crippen molar-refractivity contribution in [2.24, 2.45) is 0 Å². The number of carbonyl (C=O) groups is 1. The summed E-state index contributed by atoms with van der Waals surface area (Å²) < 4.78 is 10.5. The van der Waals surface area contributed by atoms with Gasteiger partial charge in [-0.2, -0.15) is 4.98 Å². The van der Waals surface area contributed by atoms with Gasteiger partial charge in [0.1, 0.15) is 0 Å². The fourth-order valence-corrected chi connectivity index (χ4v) is 1.98. The summed E-state index contributed by atoms with van der Waals surface area (Å²) in [5, 5.41) is 12.8. The van der Waals surface area contributed by atoms with E-state index in [9.17, 15) is 4.79 Å². The predicted octanol–water partition coefficient (Wildman–Crippen LogP) is 1.27. The molecule has 0 aliphatic carbocycles. The molecule has 0 radical (unpaired) electrons. The Balaban J connectivity index is 1.80. The molecule has 1 aliphatic heterocycles. The largest absolute Gasteiger partial charge is 0.478 e. The summed E-state index contributed by atoms with van der Waals surface area (Å²) in [5.74, 6) is -0.0508. The molecule has 0 spiro atoms. The molecule has 2 aromatic rings. The van der Waals surface area contributed by atoms with Crippen molar-refractivity contribution in [3.8, 4) is 11.5 Å². The predicted molar refractivity (Wildman–Crippen MR) is 69.7 cm³/mol. The van der Waals surface area contributed by atoms with Crippen molar-refractivity contribution in [2.45, 2.75) is 0 Å². The van der Waals surface area contributed by atoms with Gasteiger partial charge in [0, 0.05) is 18.7 Å². The van der Waals surface area contributed by atoms with Crippen LogP contribution < -0.4 is 4.90 Å². The topological polar surface area (TPSA) is 88.7 Å². The van der Waals surface area contributed by atoms with E-state index >= 15 is 0 Å². The number of hydrogen-bond acceptors (Lipinski definition) is 6. The average molecular weight is 275 g/mol. The molecule has 0 saturated carbocycles. The second-order valence-corrected chi connectivity index (χ2v) is 4.38. The van der Waals surface area contributed by atoms with Gasteiger partial charge >= 0.3 is 5.97 Å². The van der Waals surface area contributed by atoms with Crippen molar-refractivity contribution < 1.29 is 19.2 Å². The highest BCUT2D eigenvalue weighted by Crippen LogP contribution is 2.21. The average Bonchev–Trinajstić information content (AvgIpc) is 2.98. The number of rotatable bonds is 3. The Bertz CT molecular complexity index is 602. The molecule has 1 aromatic heterocycles. The maximum Gasteiger partial charge on any atom is 0.335 e. The molecule has 1 fully saturated rings. The SMILES string of the molecule is O=C(O)c1ccc(-c2nc(N3CCOCC3)no2)cc1. The van der Waals surface area contributed by atoms with E-state index in [1.807, 2.05) is 4.90 Å². The summed E-state index contributed by atoms with van der Waals surface area (Å²) in [4.78, 5) is 17.1. The lowest BCUT2D eigenvalue weighted by molar-refractivity contribution is 0.0697. The Hall–Kier alpha value is -2.41. The molecule has 1 saturated heterocycles. The van der Waals surface area contributed by atoms with E-state index < -0.39 is 5.97 Å². The van der Waals surface area contributed by atoms with Gasteiger partial charge in [-0.3, -0.25) is 0 Å². The number of carboxylic acid groups (broad SMARTS) is 1. The van der Waals surface area contributed by atoms with Gasteiger partial charge < -0.3 is 19.3 Å². The molecule has 0 unspecified atom stereocenters. The lowest BCUT2D eigenvalue weighted by Crippen LogP contribution is -2.36. The third-order valence-corrected chi connectivity index (χ3v) is 3.09. The van der Waals surface area contributed by atoms with Crippen LogP contribution in [0.3, 0.4) is 0 Å². The summed E-state index contributed by atoms with van der Waals surface area (Å²) in [7, 11) is 0. The summed E-state index contributed by atoms with van der Waals surface area (Å²) >= 11 is 0. The number of anilines is 1. The van der Waals surface area contributed by atoms with E-state index in [2.05, 4.69) is 10.1 Å². The Morgan fingerprint density at radius 3 is 2.55 bits per heavy atom. The second kappa shape index (κ2) is 5.30. The van der Waals surface area contributed by atoms with Crippen molar-refractivity contribution >= 4 is 11.9 Å². The fourth-order valence-electron chi connectivity index (χ4n) is 1.98. The molecule has 0 atom stereocenters. The van der Waals surface area contributed by atoms with Crippen LogP contribution in [0.15, 0.2) is 28.8 Å². The van der Waals surface area contributed by atoms with E-state index in [1.54, 1.807) is 12.1 Å². The van der Waals surface area contributed by atoms with Crippen molar-refractivity contribution in [1.82, 2.24) is 10.1 Å². The smallest absolute Gasteiger partial charge is 0.335 e. The Morgan fingerprint density at radius 2 is 1.90 bits per heavy atom. The van der Waals surface area contributed by atoms with Crippen LogP contribution in [-0.2, 0) is 4.74 Å². The van der Waals surface area contributed by atoms with Crippen LogP contribution in [-0.4, -0.2) is 47.5 Å². The highest BCUT2D eigenvalue weighted by molar-refractivity contribution is 5.88. The molecule has 0 bridgehead atoms. The minimum Gasteiger partial charge on any atom is -0.478 e. The third kappa shape index (κ3) is 2.48. The first-order chi connectivity index (χ1) is 9.74. The van der Waals surface area contributed by atoms with Crippen LogP contribution in [0.2, 0.25) is 0 Å². The first kappa shape index (κ1) is 12.6. The van der Waals surface area contributed by atoms with Gasteiger partial charge in [-0.05, 0) is 29.4 Å². The molecule has 3 rings (SSSR count). The first-order valence-electron chi connectivity index (χ1n) is 6.24. The molecular formula is C13H13N3O4. The van der Waals surface area contributed by atoms with E-state index in [0.717, 1.165) is 13.1 Å². The normalized spacial score (nSPS) is 15.3. The van der Waals surface area contributed by atoms with Crippen LogP contribution in [0.25, 0.3) is 11.5 Å². The molecule has 20 heavy (non-hydrogen) atoms. The molecule has 7 heteroatoms. The molecule has 1 aliphatic rings. The zero-order chi connectivity index (χ0) is 13.9. The van der Waals surface area contributed by atoms with E-state index in [0.29, 0.717) is 30.6 Å². The van der Waals surface area contributed by atoms with E-state index in [4.69, 9.17) is 14.4 Å². The van der Waals surface area contributed by atoms with Crippen molar-refractivity contribution in [3.05, 3.63) is 29.8 Å². The van der Waals surface area contributed by atoms with Crippen molar-refractivity contribution in [2.75, 3.05) is 31.2 Å². The van der Waals surface area contributed by atoms with Crippen molar-refractivity contribution in [3.63, 3.8) is 0 Å². The van der Waals surface area contributed by atoms with Gasteiger partial charge in [-0.15, -0.1) is 0 Å². The van der Waals surface area contributed by atoms with E-state index in [-0.39, 0.29) is 5.56 Å². The van der Waals surface area contributed by atoms with Crippen LogP contribution in [0.1, 0.15) is 10.4 Å². The standard InChI is InChI=1S/C13H13N3O4/c17-12(18)10-3-1-9(2-4-10)11-14-13(15-20-11)16-5-7-19-8-6-16/h1-4H,5-8H2,(H,17,18). The molecule has 2 heterocycles. The highest BCUT2D eigenvalue weighted by Gasteiger charge is 2.17. The van der Waals surface area contributed by atoms with Gasteiger partial charge in [0.15, 0.2) is 0 Å². The Kier molecular flexibility index (Phi) is 3.34. The van der Waals surface area contributed by atoms with Gasteiger partial charge in [0.05, 0.1) is 18.8 Å². The monoisotopic (exact) mass is 275 g/mol. The number of carboxylic acids is 1. The number of aromatic carboxylic acids is 1. The maximum absolute atomic E-state index is 10.8. The van der Waals surface area contributed by atoms with Crippen LogP contribution in [0.5, 0.6) is 0 Å². The maximum atomic E-state index is 10.8. The third-order valence-electron chi connectivity index (χ3n) is 3.09. The summed E-state index contributed by atoms with van der Waals surface area (Å²) in [5.41, 5.74) is 0.920. The molecule has 7 nitrogen and oxygen atoms in total. The minimum atomic E-state index is -0.962. The number of hydrogen-bond donors (Lipinski definition) is 1. The molecule has 1 N–H and O–H groups in total. The quantitative estimate of drug-likeness (QED) is 0.902. The number of aromatic nitrogens is 2. The molecule has 104 valence electrons. The van der Waals surface area contributed by atoms with Crippen molar-refractivity contribution in [1.29, 1.82) is 0 Å². The Labute approximate surface area is 114 Å². The number of morpholine rings is 1. The highest BCUT2D eigenvalue weighted by atomic mass is 16.5. The number of ether oxygens (including phenoxy) is 1.